The molecule has 3 aliphatic heterocycles. The molecule has 0 N–H and O–H groups in total. The molecule has 51 heavy (non-hydrogen) atoms. The van der Waals surface area contributed by atoms with Crippen LogP contribution >= 0.6 is 0 Å². The number of hydrogen-bond acceptors (Lipinski definition) is 9. The van der Waals surface area contributed by atoms with E-state index in [2.05, 4.69) is 31.3 Å². The van der Waals surface area contributed by atoms with Gasteiger partial charge in [-0.05, 0) is 96.4 Å². The van der Waals surface area contributed by atoms with E-state index in [1.807, 2.05) is 0 Å². The number of ether oxygens (including phenoxy) is 2. The first-order valence-electron chi connectivity index (χ1n) is 17.6. The topological polar surface area (TPSA) is 78.5 Å². The highest BCUT2D eigenvalue weighted by atomic mass is 32.2. The summed E-state index contributed by atoms with van der Waals surface area (Å²) in [6.07, 6.45) is -0.212. The summed E-state index contributed by atoms with van der Waals surface area (Å²) in [5.41, 5.74) is -0.586. The second kappa shape index (κ2) is 14.6. The zero-order chi connectivity index (χ0) is 36.7. The third kappa shape index (κ3) is 8.36. The van der Waals surface area contributed by atoms with E-state index >= 15 is 8.78 Å². The number of aromatic nitrogens is 1. The lowest BCUT2D eigenvalue weighted by molar-refractivity contribution is -0.274. The Morgan fingerprint density at radius 2 is 1.37 bits per heavy atom. The van der Waals surface area contributed by atoms with Crippen molar-refractivity contribution in [2.75, 3.05) is 63.8 Å². The van der Waals surface area contributed by atoms with Crippen molar-refractivity contribution in [3.8, 4) is 11.5 Å². The maximum Gasteiger partial charge on any atom is 0.573 e. The van der Waals surface area contributed by atoms with Gasteiger partial charge in [-0.25, -0.2) is 12.8 Å². The van der Waals surface area contributed by atoms with Crippen LogP contribution < -0.4 is 14.4 Å². The lowest BCUT2D eigenvalue weighted by atomic mass is 9.99. The highest BCUT2D eigenvalue weighted by Gasteiger charge is 2.36. The standard InChI is InChI=1S/C36H46F5N5O4S/c1-5-43-14-10-24(11-15-43)44-18-20-45(21-19-44)25-12-16-46(17-13-25)34-27-22-26(49-36(39,40)41)6-7-28(27)42-23-31(34)51(47,48)30-9-8-29(32(37)33(30)38)50-35(2,3)4/h6-9,22-25H,5,10-21H2,1-4H3. The fourth-order valence-corrected chi connectivity index (χ4v) is 9.13. The normalized spacial score (nSPS) is 19.9. The molecule has 4 heterocycles. The summed E-state index contributed by atoms with van der Waals surface area (Å²) >= 11 is 0. The van der Waals surface area contributed by atoms with Crippen LogP contribution in [0.5, 0.6) is 11.5 Å². The first kappa shape index (κ1) is 37.5. The molecule has 0 bridgehead atoms. The summed E-state index contributed by atoms with van der Waals surface area (Å²) in [7, 11) is -4.78. The summed E-state index contributed by atoms with van der Waals surface area (Å²) in [4.78, 5) is 12.2. The Morgan fingerprint density at radius 3 is 1.92 bits per heavy atom. The van der Waals surface area contributed by atoms with Gasteiger partial charge in [0.1, 0.15) is 21.1 Å². The zero-order valence-corrected chi connectivity index (χ0v) is 30.3. The molecular formula is C36H46F5N5O4S. The van der Waals surface area contributed by atoms with Crippen molar-refractivity contribution < 1.29 is 39.8 Å². The molecule has 0 unspecified atom stereocenters. The van der Waals surface area contributed by atoms with Gasteiger partial charge in [0.2, 0.25) is 15.7 Å². The van der Waals surface area contributed by atoms with Gasteiger partial charge in [0.25, 0.3) is 0 Å². The van der Waals surface area contributed by atoms with E-state index in [0.29, 0.717) is 32.0 Å². The molecule has 0 amide bonds. The Kier molecular flexibility index (Phi) is 10.8. The molecule has 3 aliphatic rings. The Balaban J connectivity index is 1.27. The van der Waals surface area contributed by atoms with Crippen LogP contribution in [0.1, 0.15) is 53.4 Å². The molecule has 280 valence electrons. The van der Waals surface area contributed by atoms with Gasteiger partial charge < -0.3 is 19.3 Å². The summed E-state index contributed by atoms with van der Waals surface area (Å²) in [6, 6.07) is 6.34. The summed E-state index contributed by atoms with van der Waals surface area (Å²) < 4.78 is 109. The number of hydrogen-bond donors (Lipinski definition) is 0. The molecule has 0 atom stereocenters. The average molecular weight is 740 g/mol. The number of alkyl halides is 3. The number of benzene rings is 2. The first-order valence-corrected chi connectivity index (χ1v) is 19.1. The van der Waals surface area contributed by atoms with Gasteiger partial charge in [-0.1, -0.05) is 6.92 Å². The van der Waals surface area contributed by atoms with Crippen LogP contribution in [0.3, 0.4) is 0 Å². The second-order valence-electron chi connectivity index (χ2n) is 14.6. The van der Waals surface area contributed by atoms with Gasteiger partial charge in [0, 0.05) is 62.9 Å². The highest BCUT2D eigenvalue weighted by Crippen LogP contribution is 2.41. The van der Waals surface area contributed by atoms with E-state index in [1.54, 1.807) is 25.7 Å². The maximum absolute atomic E-state index is 15.6. The number of piperazine rings is 1. The van der Waals surface area contributed by atoms with Crippen LogP contribution in [-0.4, -0.2) is 111 Å². The molecule has 1 aromatic heterocycles. The Morgan fingerprint density at radius 1 is 0.784 bits per heavy atom. The fraction of sp³-hybridized carbons (Fsp3) is 0.583. The minimum Gasteiger partial charge on any atom is -0.485 e. The van der Waals surface area contributed by atoms with Crippen molar-refractivity contribution in [3.05, 3.63) is 48.2 Å². The molecule has 15 heteroatoms. The maximum atomic E-state index is 15.6. The summed E-state index contributed by atoms with van der Waals surface area (Å²) in [5, 5.41) is 0.0903. The number of rotatable bonds is 8. The van der Waals surface area contributed by atoms with Crippen molar-refractivity contribution in [1.29, 1.82) is 0 Å². The average Bonchev–Trinajstić information content (AvgIpc) is 3.08. The van der Waals surface area contributed by atoms with E-state index in [1.165, 1.54) is 18.9 Å². The van der Waals surface area contributed by atoms with Crippen molar-refractivity contribution in [2.24, 2.45) is 0 Å². The molecule has 0 saturated carbocycles. The zero-order valence-electron chi connectivity index (χ0n) is 29.5. The van der Waals surface area contributed by atoms with Gasteiger partial charge in [0.15, 0.2) is 11.6 Å². The molecule has 9 nitrogen and oxygen atoms in total. The van der Waals surface area contributed by atoms with Gasteiger partial charge in [-0.3, -0.25) is 14.8 Å². The lowest BCUT2D eigenvalue weighted by Crippen LogP contribution is -2.56. The third-order valence-electron chi connectivity index (χ3n) is 10.2. The third-order valence-corrected chi connectivity index (χ3v) is 12.0. The number of anilines is 1. The van der Waals surface area contributed by atoms with Crippen LogP contribution in [0.15, 0.2) is 46.3 Å². The van der Waals surface area contributed by atoms with Crippen LogP contribution in [0, 0.1) is 11.6 Å². The largest absolute Gasteiger partial charge is 0.573 e. The van der Waals surface area contributed by atoms with Crippen molar-refractivity contribution in [2.45, 2.75) is 87.2 Å². The quantitative estimate of drug-likeness (QED) is 0.241. The molecule has 0 spiro atoms. The first-order chi connectivity index (χ1) is 24.0. The van der Waals surface area contributed by atoms with Crippen LogP contribution in [0.4, 0.5) is 27.6 Å². The monoisotopic (exact) mass is 739 g/mol. The number of nitrogens with zero attached hydrogens (tertiary/aromatic N) is 5. The number of pyridine rings is 1. The second-order valence-corrected chi connectivity index (χ2v) is 16.4. The Hall–Kier alpha value is -3.27. The van der Waals surface area contributed by atoms with E-state index in [9.17, 15) is 21.6 Å². The Labute approximate surface area is 296 Å². The molecule has 0 radical (unpaired) electrons. The minimum atomic E-state index is -4.99. The van der Waals surface area contributed by atoms with Crippen LogP contribution in [-0.2, 0) is 9.84 Å². The number of sulfone groups is 1. The van der Waals surface area contributed by atoms with E-state index in [-0.39, 0.29) is 22.6 Å². The predicted molar refractivity (Wildman–Crippen MR) is 184 cm³/mol. The molecule has 2 aromatic carbocycles. The highest BCUT2D eigenvalue weighted by molar-refractivity contribution is 7.91. The molecular weight excluding hydrogens is 693 g/mol. The minimum absolute atomic E-state index is 0.0733. The van der Waals surface area contributed by atoms with E-state index in [4.69, 9.17) is 4.74 Å². The lowest BCUT2D eigenvalue weighted by Gasteiger charge is -2.46. The van der Waals surface area contributed by atoms with Crippen molar-refractivity contribution in [1.82, 2.24) is 19.7 Å². The van der Waals surface area contributed by atoms with E-state index in [0.717, 1.165) is 76.3 Å². The van der Waals surface area contributed by atoms with Gasteiger partial charge in [-0.2, -0.15) is 4.39 Å². The van der Waals surface area contributed by atoms with Crippen LogP contribution in [0.2, 0.25) is 0 Å². The number of fused-ring (bicyclic) bond motifs is 1. The number of piperidine rings is 2. The van der Waals surface area contributed by atoms with Gasteiger partial charge >= 0.3 is 6.36 Å². The smallest absolute Gasteiger partial charge is 0.485 e. The molecule has 3 aromatic rings. The van der Waals surface area contributed by atoms with E-state index < -0.39 is 54.7 Å². The van der Waals surface area contributed by atoms with Crippen molar-refractivity contribution >= 4 is 26.4 Å². The van der Waals surface area contributed by atoms with Gasteiger partial charge in [-0.15, -0.1) is 13.2 Å². The SMILES string of the molecule is CCN1CCC(N2CCN(C3CCN(c4c(S(=O)(=O)c5ccc(OC(C)(C)C)c(F)c5F)cnc5ccc(OC(F)(F)F)cc45)CC3)CC2)CC1. The molecule has 0 aliphatic carbocycles. The van der Waals surface area contributed by atoms with Crippen LogP contribution in [0.25, 0.3) is 10.9 Å². The summed E-state index contributed by atoms with van der Waals surface area (Å²) in [5.74, 6) is -4.09. The molecule has 3 fully saturated rings. The molecule has 3 saturated heterocycles. The van der Waals surface area contributed by atoms with Crippen molar-refractivity contribution in [3.63, 3.8) is 0 Å². The number of likely N-dealkylation sites (tertiary alicyclic amines) is 1. The predicted octanol–water partition coefficient (Wildman–Crippen LogP) is 6.49. The molecule has 6 rings (SSSR count). The Bertz CT molecular complexity index is 1810. The summed E-state index contributed by atoms with van der Waals surface area (Å²) in [6.45, 7) is 15.1. The fourth-order valence-electron chi connectivity index (χ4n) is 7.63. The number of halogens is 5. The van der Waals surface area contributed by atoms with Gasteiger partial charge in [0.05, 0.1) is 11.2 Å².